The SMILES string of the molecule is Cc1ccnn1-c1ccccc1NCc1ccn(C)c(=O)c1. The number of rotatable bonds is 4. The Labute approximate surface area is 128 Å². The number of para-hydroxylation sites is 2. The average Bonchev–Trinajstić information content (AvgIpc) is 2.95. The van der Waals surface area contributed by atoms with Gasteiger partial charge in [0.1, 0.15) is 0 Å². The lowest BCUT2D eigenvalue weighted by Gasteiger charge is -2.13. The summed E-state index contributed by atoms with van der Waals surface area (Å²) in [4.78, 5) is 11.7. The van der Waals surface area contributed by atoms with Crippen molar-refractivity contribution in [1.29, 1.82) is 0 Å². The molecule has 3 aromatic rings. The quantitative estimate of drug-likeness (QED) is 0.804. The van der Waals surface area contributed by atoms with E-state index >= 15 is 0 Å². The van der Waals surface area contributed by atoms with Gasteiger partial charge in [0.25, 0.3) is 5.56 Å². The molecule has 1 aromatic carbocycles. The fraction of sp³-hybridized carbons (Fsp3) is 0.176. The van der Waals surface area contributed by atoms with Gasteiger partial charge in [0, 0.05) is 37.7 Å². The van der Waals surface area contributed by atoms with Gasteiger partial charge >= 0.3 is 0 Å². The summed E-state index contributed by atoms with van der Waals surface area (Å²) in [5.41, 5.74) is 4.00. The summed E-state index contributed by atoms with van der Waals surface area (Å²) in [7, 11) is 1.75. The standard InChI is InChI=1S/C17H18N4O/c1-13-7-9-19-21(13)16-6-4-3-5-15(16)18-12-14-8-10-20(2)17(22)11-14/h3-11,18H,12H2,1-2H3. The van der Waals surface area contributed by atoms with E-state index in [-0.39, 0.29) is 5.56 Å². The van der Waals surface area contributed by atoms with Crippen LogP contribution in [-0.4, -0.2) is 14.3 Å². The number of pyridine rings is 1. The van der Waals surface area contributed by atoms with Gasteiger partial charge in [-0.2, -0.15) is 5.10 Å². The van der Waals surface area contributed by atoms with Crippen molar-refractivity contribution in [3.05, 3.63) is 76.5 Å². The van der Waals surface area contributed by atoms with Gasteiger partial charge in [-0.05, 0) is 36.8 Å². The Morgan fingerprint density at radius 1 is 1.18 bits per heavy atom. The van der Waals surface area contributed by atoms with Gasteiger partial charge in [0.2, 0.25) is 0 Å². The number of hydrogen-bond acceptors (Lipinski definition) is 3. The van der Waals surface area contributed by atoms with Crippen molar-refractivity contribution in [2.45, 2.75) is 13.5 Å². The molecular formula is C17H18N4O. The molecule has 0 atom stereocenters. The molecule has 1 N–H and O–H groups in total. The Kier molecular flexibility index (Phi) is 3.78. The second kappa shape index (κ2) is 5.89. The van der Waals surface area contributed by atoms with Crippen LogP contribution in [0.1, 0.15) is 11.3 Å². The number of aryl methyl sites for hydroxylation is 2. The zero-order valence-electron chi connectivity index (χ0n) is 12.7. The third-order valence-electron chi connectivity index (χ3n) is 3.62. The Morgan fingerprint density at radius 3 is 2.73 bits per heavy atom. The predicted octanol–water partition coefficient (Wildman–Crippen LogP) is 2.49. The van der Waals surface area contributed by atoms with E-state index in [1.54, 1.807) is 30.1 Å². The Morgan fingerprint density at radius 2 is 2.00 bits per heavy atom. The Balaban J connectivity index is 1.85. The van der Waals surface area contributed by atoms with Crippen molar-refractivity contribution >= 4 is 5.69 Å². The molecule has 0 bridgehead atoms. The van der Waals surface area contributed by atoms with Gasteiger partial charge in [-0.25, -0.2) is 4.68 Å². The zero-order chi connectivity index (χ0) is 15.5. The predicted molar refractivity (Wildman–Crippen MR) is 87.3 cm³/mol. The van der Waals surface area contributed by atoms with Crippen molar-refractivity contribution in [3.63, 3.8) is 0 Å². The third kappa shape index (κ3) is 2.79. The highest BCUT2D eigenvalue weighted by molar-refractivity contribution is 5.61. The number of nitrogens with one attached hydrogen (secondary N) is 1. The van der Waals surface area contributed by atoms with Crippen LogP contribution in [0.25, 0.3) is 5.69 Å². The highest BCUT2D eigenvalue weighted by atomic mass is 16.1. The number of hydrogen-bond donors (Lipinski definition) is 1. The van der Waals surface area contributed by atoms with Crippen LogP contribution in [0.5, 0.6) is 0 Å². The molecule has 0 saturated heterocycles. The molecule has 0 fully saturated rings. The van der Waals surface area contributed by atoms with Crippen LogP contribution >= 0.6 is 0 Å². The molecule has 2 aromatic heterocycles. The monoisotopic (exact) mass is 294 g/mol. The summed E-state index contributed by atoms with van der Waals surface area (Å²) in [5, 5.41) is 7.73. The fourth-order valence-electron chi connectivity index (χ4n) is 2.33. The minimum absolute atomic E-state index is 0.00416. The molecular weight excluding hydrogens is 276 g/mol. The first-order valence-corrected chi connectivity index (χ1v) is 7.14. The van der Waals surface area contributed by atoms with Crippen molar-refractivity contribution in [2.75, 3.05) is 5.32 Å². The van der Waals surface area contributed by atoms with E-state index in [1.807, 2.05) is 48.0 Å². The van der Waals surface area contributed by atoms with Gasteiger partial charge in [0.15, 0.2) is 0 Å². The van der Waals surface area contributed by atoms with E-state index in [1.165, 1.54) is 0 Å². The highest BCUT2D eigenvalue weighted by Crippen LogP contribution is 2.21. The number of aromatic nitrogens is 3. The molecule has 3 rings (SSSR count). The van der Waals surface area contributed by atoms with Crippen molar-refractivity contribution in [3.8, 4) is 5.69 Å². The molecule has 0 aliphatic carbocycles. The lowest BCUT2D eigenvalue weighted by Crippen LogP contribution is -2.16. The first-order chi connectivity index (χ1) is 10.6. The van der Waals surface area contributed by atoms with Crippen molar-refractivity contribution < 1.29 is 0 Å². The van der Waals surface area contributed by atoms with Crippen LogP contribution in [0.2, 0.25) is 0 Å². The summed E-state index contributed by atoms with van der Waals surface area (Å²) in [5.74, 6) is 0. The molecule has 0 unspecified atom stereocenters. The molecule has 5 heteroatoms. The maximum absolute atomic E-state index is 11.7. The number of nitrogens with zero attached hydrogens (tertiary/aromatic N) is 3. The lowest BCUT2D eigenvalue weighted by molar-refractivity contribution is 0.843. The smallest absolute Gasteiger partial charge is 0.250 e. The van der Waals surface area contributed by atoms with Crippen molar-refractivity contribution in [2.24, 2.45) is 7.05 Å². The molecule has 22 heavy (non-hydrogen) atoms. The number of anilines is 1. The zero-order valence-corrected chi connectivity index (χ0v) is 12.7. The number of benzene rings is 1. The highest BCUT2D eigenvalue weighted by Gasteiger charge is 2.06. The average molecular weight is 294 g/mol. The van der Waals surface area contributed by atoms with E-state index in [0.29, 0.717) is 6.54 Å². The third-order valence-corrected chi connectivity index (χ3v) is 3.62. The second-order valence-corrected chi connectivity index (χ2v) is 5.24. The topological polar surface area (TPSA) is 51.9 Å². The van der Waals surface area contributed by atoms with E-state index in [0.717, 1.165) is 22.6 Å². The molecule has 0 spiro atoms. The molecule has 112 valence electrons. The molecule has 0 aliphatic rings. The summed E-state index contributed by atoms with van der Waals surface area (Å²) < 4.78 is 3.46. The molecule has 5 nitrogen and oxygen atoms in total. The molecule has 0 saturated carbocycles. The van der Waals surface area contributed by atoms with E-state index in [2.05, 4.69) is 10.4 Å². The van der Waals surface area contributed by atoms with Crippen molar-refractivity contribution in [1.82, 2.24) is 14.3 Å². The van der Waals surface area contributed by atoms with Crippen LogP contribution in [-0.2, 0) is 13.6 Å². The molecule has 2 heterocycles. The van der Waals surface area contributed by atoms with Crippen LogP contribution in [0.4, 0.5) is 5.69 Å². The fourth-order valence-corrected chi connectivity index (χ4v) is 2.33. The van der Waals surface area contributed by atoms with E-state index in [4.69, 9.17) is 0 Å². The summed E-state index contributed by atoms with van der Waals surface area (Å²) in [6.07, 6.45) is 3.57. The van der Waals surface area contributed by atoms with Crippen LogP contribution in [0.3, 0.4) is 0 Å². The second-order valence-electron chi connectivity index (χ2n) is 5.24. The Bertz CT molecular complexity index is 848. The first kappa shape index (κ1) is 14.1. The largest absolute Gasteiger partial charge is 0.379 e. The normalized spacial score (nSPS) is 10.6. The van der Waals surface area contributed by atoms with Gasteiger partial charge in [0.05, 0.1) is 11.4 Å². The Hall–Kier alpha value is -2.82. The maximum atomic E-state index is 11.7. The van der Waals surface area contributed by atoms with Crippen LogP contribution in [0.15, 0.2) is 59.7 Å². The van der Waals surface area contributed by atoms with Gasteiger partial charge in [-0.1, -0.05) is 12.1 Å². The molecule has 0 aliphatic heterocycles. The van der Waals surface area contributed by atoms with Gasteiger partial charge in [-0.3, -0.25) is 4.79 Å². The van der Waals surface area contributed by atoms with Gasteiger partial charge in [-0.15, -0.1) is 0 Å². The lowest BCUT2D eigenvalue weighted by atomic mass is 10.2. The minimum atomic E-state index is -0.00416. The molecule has 0 radical (unpaired) electrons. The maximum Gasteiger partial charge on any atom is 0.250 e. The van der Waals surface area contributed by atoms with E-state index < -0.39 is 0 Å². The van der Waals surface area contributed by atoms with E-state index in [9.17, 15) is 4.79 Å². The first-order valence-electron chi connectivity index (χ1n) is 7.14. The summed E-state index contributed by atoms with van der Waals surface area (Å²) in [6.45, 7) is 2.61. The summed E-state index contributed by atoms with van der Waals surface area (Å²) >= 11 is 0. The molecule has 0 amide bonds. The van der Waals surface area contributed by atoms with Crippen LogP contribution in [0, 0.1) is 6.92 Å². The minimum Gasteiger partial charge on any atom is -0.379 e. The summed E-state index contributed by atoms with van der Waals surface area (Å²) in [6, 6.07) is 13.6. The van der Waals surface area contributed by atoms with Gasteiger partial charge < -0.3 is 9.88 Å². The van der Waals surface area contributed by atoms with Crippen LogP contribution < -0.4 is 10.9 Å².